The van der Waals surface area contributed by atoms with Gasteiger partial charge in [0.15, 0.2) is 0 Å². The fraction of sp³-hybridized carbons (Fsp3) is 0.267. The predicted molar refractivity (Wildman–Crippen MR) is 202 cm³/mol. The first-order chi connectivity index (χ1) is 23.9. The van der Waals surface area contributed by atoms with Gasteiger partial charge in [0.05, 0.1) is 0 Å². The number of hydrogen-bond donors (Lipinski definition) is 0. The first kappa shape index (κ1) is 42.0. The smallest absolute Gasteiger partial charge is 0.305 e. The summed E-state index contributed by atoms with van der Waals surface area (Å²) in [5.41, 5.74) is 8.81. The summed E-state index contributed by atoms with van der Waals surface area (Å²) in [6, 6.07) is 34.2. The van der Waals surface area contributed by atoms with Gasteiger partial charge in [-0.2, -0.15) is 0 Å². The molecule has 3 nitrogen and oxygen atoms in total. The molecule has 0 aliphatic carbocycles. The molecular formula is C45H45F3IrN3. The second-order valence-corrected chi connectivity index (χ2v) is 15.3. The number of rotatable bonds is 3. The van der Waals surface area contributed by atoms with E-state index < -0.39 is 0 Å². The van der Waals surface area contributed by atoms with Crippen LogP contribution >= 0.6 is 0 Å². The van der Waals surface area contributed by atoms with Gasteiger partial charge in [-0.3, -0.25) is 13.2 Å². The molecule has 3 aromatic heterocycles. The molecule has 6 aromatic rings. The first-order valence-corrected chi connectivity index (χ1v) is 16.8. The van der Waals surface area contributed by atoms with Gasteiger partial charge in [-0.15, -0.1) is 89.5 Å². The zero-order valence-corrected chi connectivity index (χ0v) is 33.6. The van der Waals surface area contributed by atoms with E-state index in [0.29, 0.717) is 0 Å². The molecule has 0 saturated heterocycles. The van der Waals surface area contributed by atoms with E-state index >= 15 is 0 Å². The van der Waals surface area contributed by atoms with Crippen LogP contribution in [0.15, 0.2) is 110 Å². The summed E-state index contributed by atoms with van der Waals surface area (Å²) < 4.78 is 38.5. The Balaban J connectivity index is 0.000000208. The van der Waals surface area contributed by atoms with Crippen LogP contribution in [0.3, 0.4) is 0 Å². The van der Waals surface area contributed by atoms with Crippen molar-refractivity contribution < 1.29 is 33.3 Å². The summed E-state index contributed by atoms with van der Waals surface area (Å²) in [6.45, 7) is 19.4. The second-order valence-electron chi connectivity index (χ2n) is 15.3. The average molecular weight is 877 g/mol. The molecule has 270 valence electrons. The van der Waals surface area contributed by atoms with Crippen LogP contribution in [0.4, 0.5) is 13.2 Å². The predicted octanol–water partition coefficient (Wildman–Crippen LogP) is 12.0. The van der Waals surface area contributed by atoms with Gasteiger partial charge < -0.3 is 15.0 Å². The van der Waals surface area contributed by atoms with Crippen LogP contribution in [0.25, 0.3) is 33.8 Å². The number of nitrogens with zero attached hydrogens (tertiary/aromatic N) is 3. The normalized spacial score (nSPS) is 11.3. The van der Waals surface area contributed by atoms with E-state index in [1.807, 2.05) is 36.4 Å². The Morgan fingerprint density at radius 1 is 0.404 bits per heavy atom. The molecule has 7 heteroatoms. The fourth-order valence-corrected chi connectivity index (χ4v) is 4.83. The monoisotopic (exact) mass is 877 g/mol. The second kappa shape index (κ2) is 17.9. The molecule has 0 aliphatic rings. The van der Waals surface area contributed by atoms with Gasteiger partial charge in [0.25, 0.3) is 0 Å². The molecule has 0 fully saturated rings. The molecule has 0 radical (unpaired) electrons. The summed E-state index contributed by atoms with van der Waals surface area (Å²) in [5.74, 6) is -0.831. The Bertz CT molecular complexity index is 1770. The van der Waals surface area contributed by atoms with Crippen molar-refractivity contribution in [3.63, 3.8) is 0 Å². The molecule has 0 saturated carbocycles. The van der Waals surface area contributed by atoms with Crippen LogP contribution in [-0.2, 0) is 36.4 Å². The summed E-state index contributed by atoms with van der Waals surface area (Å²) in [4.78, 5) is 12.9. The standard InChI is InChI=1S/3C15H15FN.Ir/c3*1-15(2,3)12-8-9-17-14(10-12)11-4-6-13(16)7-5-11;/h3*4,6-10H,1-3H3;/q3*-1;+3. The SMILES string of the molecule is CC(C)(C)c1ccnc(-c2[c-]cc(F)cc2)c1.CC(C)(C)c1ccnc(-c2[c-]cc(F)cc2)c1.CC(C)(C)c1ccnc(-c2[c-]cc(F)cc2)c1.[Ir+3]. The van der Waals surface area contributed by atoms with Crippen molar-refractivity contribution in [3.05, 3.63) is 162 Å². The maximum absolute atomic E-state index is 12.8. The topological polar surface area (TPSA) is 38.7 Å². The van der Waals surface area contributed by atoms with Crippen molar-refractivity contribution in [2.75, 3.05) is 0 Å². The molecule has 0 bridgehead atoms. The van der Waals surface area contributed by atoms with E-state index in [1.54, 1.807) is 36.8 Å². The molecule has 3 heterocycles. The first-order valence-electron chi connectivity index (χ1n) is 16.8. The van der Waals surface area contributed by atoms with Crippen molar-refractivity contribution in [1.29, 1.82) is 0 Å². The van der Waals surface area contributed by atoms with Crippen LogP contribution < -0.4 is 0 Å². The van der Waals surface area contributed by atoms with E-state index in [2.05, 4.69) is 95.5 Å². The van der Waals surface area contributed by atoms with Crippen molar-refractivity contribution in [2.45, 2.75) is 78.6 Å². The summed E-state index contributed by atoms with van der Waals surface area (Å²) in [5, 5.41) is 0. The minimum atomic E-state index is -0.277. The Morgan fingerprint density at radius 2 is 0.654 bits per heavy atom. The van der Waals surface area contributed by atoms with E-state index in [9.17, 15) is 13.2 Å². The molecule has 0 N–H and O–H groups in total. The molecule has 0 atom stereocenters. The third kappa shape index (κ3) is 12.4. The maximum Gasteiger partial charge on any atom is 3.00 e. The third-order valence-electron chi connectivity index (χ3n) is 8.03. The largest absolute Gasteiger partial charge is 3.00 e. The fourth-order valence-electron chi connectivity index (χ4n) is 4.83. The van der Waals surface area contributed by atoms with E-state index in [-0.39, 0.29) is 53.8 Å². The van der Waals surface area contributed by atoms with Gasteiger partial charge in [-0.25, -0.2) is 0 Å². The van der Waals surface area contributed by atoms with Gasteiger partial charge in [0, 0.05) is 36.0 Å². The molecule has 0 aliphatic heterocycles. The third-order valence-corrected chi connectivity index (χ3v) is 8.03. The number of aromatic nitrogens is 3. The molecule has 0 spiro atoms. The molecule has 0 amide bonds. The summed E-state index contributed by atoms with van der Waals surface area (Å²) in [7, 11) is 0. The quantitative estimate of drug-likeness (QED) is 0.166. The number of benzene rings is 3. The van der Waals surface area contributed by atoms with Gasteiger partial charge in [0.1, 0.15) is 0 Å². The minimum Gasteiger partial charge on any atom is -0.305 e. The van der Waals surface area contributed by atoms with Gasteiger partial charge in [-0.1, -0.05) is 80.5 Å². The van der Waals surface area contributed by atoms with Gasteiger partial charge in [0.2, 0.25) is 0 Å². The molecule has 52 heavy (non-hydrogen) atoms. The van der Waals surface area contributed by atoms with Crippen molar-refractivity contribution in [3.8, 4) is 33.8 Å². The Hall–Kier alpha value is -4.45. The van der Waals surface area contributed by atoms with E-state index in [4.69, 9.17) is 0 Å². The zero-order chi connectivity index (χ0) is 37.4. The van der Waals surface area contributed by atoms with Crippen molar-refractivity contribution in [2.24, 2.45) is 0 Å². The van der Waals surface area contributed by atoms with E-state index in [0.717, 1.165) is 33.8 Å². The van der Waals surface area contributed by atoms with Gasteiger partial charge >= 0.3 is 20.1 Å². The van der Waals surface area contributed by atoms with E-state index in [1.165, 1.54) is 53.1 Å². The number of hydrogen-bond acceptors (Lipinski definition) is 3. The Labute approximate surface area is 321 Å². The maximum atomic E-state index is 12.8. The van der Waals surface area contributed by atoms with Crippen LogP contribution in [-0.4, -0.2) is 15.0 Å². The Morgan fingerprint density at radius 3 is 0.846 bits per heavy atom. The van der Waals surface area contributed by atoms with Crippen molar-refractivity contribution in [1.82, 2.24) is 15.0 Å². The van der Waals surface area contributed by atoms with Gasteiger partial charge in [-0.05, 0) is 68.2 Å². The minimum absolute atomic E-state index is 0. The average Bonchev–Trinajstić information content (AvgIpc) is 3.09. The number of halogens is 3. The number of pyridine rings is 3. The Kier molecular flexibility index (Phi) is 14.4. The van der Waals surface area contributed by atoms with Crippen LogP contribution in [0, 0.1) is 35.7 Å². The molecule has 0 unspecified atom stereocenters. The molecule has 6 rings (SSSR count). The molecule has 3 aromatic carbocycles. The zero-order valence-electron chi connectivity index (χ0n) is 31.2. The van der Waals surface area contributed by atoms with Crippen LogP contribution in [0.2, 0.25) is 0 Å². The van der Waals surface area contributed by atoms with Crippen LogP contribution in [0.5, 0.6) is 0 Å². The van der Waals surface area contributed by atoms with Crippen LogP contribution in [0.1, 0.15) is 79.0 Å². The summed E-state index contributed by atoms with van der Waals surface area (Å²) in [6.07, 6.45) is 5.35. The summed E-state index contributed by atoms with van der Waals surface area (Å²) >= 11 is 0. The molecular weight excluding hydrogens is 832 g/mol. The van der Waals surface area contributed by atoms with Crippen molar-refractivity contribution >= 4 is 0 Å².